The Kier molecular flexibility index (Phi) is 4.66. The molecule has 0 spiro atoms. The molecule has 1 aliphatic rings. The summed E-state index contributed by atoms with van der Waals surface area (Å²) in [5, 5.41) is 3.26. The van der Waals surface area contributed by atoms with E-state index in [9.17, 15) is 9.59 Å². The van der Waals surface area contributed by atoms with E-state index in [0.29, 0.717) is 23.0 Å². The van der Waals surface area contributed by atoms with E-state index in [2.05, 4.69) is 10.3 Å². The van der Waals surface area contributed by atoms with Crippen molar-refractivity contribution in [1.82, 2.24) is 10.3 Å². The van der Waals surface area contributed by atoms with Crippen LogP contribution in [0.4, 0.5) is 5.69 Å². The van der Waals surface area contributed by atoms with Gasteiger partial charge in [0.15, 0.2) is 6.61 Å². The van der Waals surface area contributed by atoms with Crippen LogP contribution in [0, 0.1) is 6.92 Å². The average Bonchev–Trinajstić information content (AvgIpc) is 2.57. The number of fused-ring (bicyclic) bond motifs is 1. The van der Waals surface area contributed by atoms with E-state index < -0.39 is 0 Å². The maximum atomic E-state index is 12.2. The first-order valence-corrected chi connectivity index (χ1v) is 7.81. The van der Waals surface area contributed by atoms with Crippen molar-refractivity contribution in [2.45, 2.75) is 13.5 Å². The maximum Gasteiger partial charge on any atom is 0.265 e. The highest BCUT2D eigenvalue weighted by Crippen LogP contribution is 2.34. The number of ether oxygens (including phenoxy) is 1. The highest BCUT2D eigenvalue weighted by atomic mass is 35.5. The van der Waals surface area contributed by atoms with Crippen LogP contribution in [0.15, 0.2) is 36.5 Å². The summed E-state index contributed by atoms with van der Waals surface area (Å²) in [7, 11) is 0. The quantitative estimate of drug-likeness (QED) is 0.921. The molecule has 7 heteroatoms. The summed E-state index contributed by atoms with van der Waals surface area (Å²) >= 11 is 5.98. The van der Waals surface area contributed by atoms with Crippen LogP contribution < -0.4 is 15.0 Å². The molecule has 0 unspecified atom stereocenters. The number of nitrogens with one attached hydrogen (secondary N) is 1. The lowest BCUT2D eigenvalue weighted by atomic mass is 10.2. The first kappa shape index (κ1) is 16.3. The number of aryl methyl sites for hydroxylation is 1. The van der Waals surface area contributed by atoms with Crippen LogP contribution in [-0.4, -0.2) is 29.9 Å². The zero-order chi connectivity index (χ0) is 17.1. The molecule has 2 amide bonds. The Morgan fingerprint density at radius 1 is 1.38 bits per heavy atom. The normalized spacial score (nSPS) is 13.2. The molecule has 0 saturated carbocycles. The van der Waals surface area contributed by atoms with Gasteiger partial charge in [-0.15, -0.1) is 0 Å². The summed E-state index contributed by atoms with van der Waals surface area (Å²) < 4.78 is 5.35. The lowest BCUT2D eigenvalue weighted by Gasteiger charge is -2.29. The fourth-order valence-electron chi connectivity index (χ4n) is 2.35. The van der Waals surface area contributed by atoms with Crippen molar-refractivity contribution >= 4 is 29.1 Å². The fraction of sp³-hybridized carbons (Fsp3) is 0.235. The zero-order valence-corrected chi connectivity index (χ0v) is 13.8. The van der Waals surface area contributed by atoms with Crippen molar-refractivity contribution in [3.05, 3.63) is 52.8 Å². The topological polar surface area (TPSA) is 71.5 Å². The molecule has 1 aromatic heterocycles. The van der Waals surface area contributed by atoms with Crippen molar-refractivity contribution in [3.63, 3.8) is 0 Å². The van der Waals surface area contributed by atoms with Crippen molar-refractivity contribution in [2.75, 3.05) is 18.1 Å². The molecule has 0 bridgehead atoms. The van der Waals surface area contributed by atoms with Crippen molar-refractivity contribution in [3.8, 4) is 5.75 Å². The molecule has 3 rings (SSSR count). The Hall–Kier alpha value is -2.60. The zero-order valence-electron chi connectivity index (χ0n) is 13.1. The molecule has 1 N–H and O–H groups in total. The number of hydrogen-bond acceptors (Lipinski definition) is 4. The molecule has 2 heterocycles. The van der Waals surface area contributed by atoms with Crippen LogP contribution in [0.5, 0.6) is 5.75 Å². The molecule has 0 radical (unpaired) electrons. The molecule has 1 aromatic carbocycles. The van der Waals surface area contributed by atoms with Gasteiger partial charge in [-0.3, -0.25) is 19.5 Å². The predicted octanol–water partition coefficient (Wildman–Crippen LogP) is 2.09. The number of amides is 2. The number of halogens is 1. The fourth-order valence-corrected chi connectivity index (χ4v) is 2.52. The van der Waals surface area contributed by atoms with Gasteiger partial charge >= 0.3 is 0 Å². The maximum absolute atomic E-state index is 12.2. The molecule has 0 atom stereocenters. The Bertz CT molecular complexity index is 777. The number of rotatable bonds is 4. The summed E-state index contributed by atoms with van der Waals surface area (Å²) in [5.74, 6) is -0.0109. The number of pyridine rings is 1. The van der Waals surface area contributed by atoms with Crippen LogP contribution in [-0.2, 0) is 16.1 Å². The Labute approximate surface area is 144 Å². The number of hydrogen-bond donors (Lipinski definition) is 1. The molecule has 2 aromatic rings. The second-order valence-electron chi connectivity index (χ2n) is 5.47. The molecular formula is C17H16ClN3O3. The number of benzene rings is 1. The van der Waals surface area contributed by atoms with E-state index in [1.165, 1.54) is 4.90 Å². The molecule has 0 saturated heterocycles. The first-order valence-electron chi connectivity index (χ1n) is 7.44. The summed E-state index contributed by atoms with van der Waals surface area (Å²) in [6.45, 7) is 2.07. The number of carbonyl (C=O) groups excluding carboxylic acids is 2. The minimum atomic E-state index is -0.281. The van der Waals surface area contributed by atoms with Gasteiger partial charge in [0.2, 0.25) is 5.91 Å². The van der Waals surface area contributed by atoms with Gasteiger partial charge in [0.1, 0.15) is 12.3 Å². The predicted molar refractivity (Wildman–Crippen MR) is 90.1 cm³/mol. The first-order chi connectivity index (χ1) is 11.5. The molecule has 0 aliphatic carbocycles. The highest BCUT2D eigenvalue weighted by Gasteiger charge is 2.27. The minimum Gasteiger partial charge on any atom is -0.482 e. The lowest BCUT2D eigenvalue weighted by Crippen LogP contribution is -2.45. The number of anilines is 1. The second kappa shape index (κ2) is 6.88. The van der Waals surface area contributed by atoms with E-state index in [-0.39, 0.29) is 25.0 Å². The number of nitrogens with zero attached hydrogens (tertiary/aromatic N) is 2. The molecule has 124 valence electrons. The van der Waals surface area contributed by atoms with E-state index in [0.717, 1.165) is 11.3 Å². The van der Waals surface area contributed by atoms with Gasteiger partial charge < -0.3 is 10.1 Å². The van der Waals surface area contributed by atoms with Gasteiger partial charge in [0, 0.05) is 23.5 Å². The third-order valence-electron chi connectivity index (χ3n) is 3.63. The van der Waals surface area contributed by atoms with E-state index in [1.807, 2.05) is 19.1 Å². The molecule has 24 heavy (non-hydrogen) atoms. The SMILES string of the molecule is Cc1ccc(CNC(=O)CN2C(=O)COc3ccc(Cl)cc32)cn1. The Morgan fingerprint density at radius 2 is 2.21 bits per heavy atom. The van der Waals surface area contributed by atoms with Gasteiger partial charge in [-0.2, -0.15) is 0 Å². The van der Waals surface area contributed by atoms with Gasteiger partial charge in [-0.1, -0.05) is 17.7 Å². The van der Waals surface area contributed by atoms with Crippen LogP contribution in [0.3, 0.4) is 0 Å². The summed E-state index contributed by atoms with van der Waals surface area (Å²) in [6.07, 6.45) is 1.71. The lowest BCUT2D eigenvalue weighted by molar-refractivity contribution is -0.125. The molecule has 6 nitrogen and oxygen atoms in total. The standard InChI is InChI=1S/C17H16ClN3O3/c1-11-2-3-12(7-19-11)8-20-16(22)9-21-14-6-13(18)4-5-15(14)24-10-17(21)23/h2-7H,8-10H2,1H3,(H,20,22). The van der Waals surface area contributed by atoms with Gasteiger partial charge in [0.25, 0.3) is 5.91 Å². The van der Waals surface area contributed by atoms with Crippen LogP contribution in [0.25, 0.3) is 0 Å². The molecule has 1 aliphatic heterocycles. The molecule has 0 fully saturated rings. The monoisotopic (exact) mass is 345 g/mol. The van der Waals surface area contributed by atoms with E-state index in [1.54, 1.807) is 24.4 Å². The smallest absolute Gasteiger partial charge is 0.265 e. The number of aromatic nitrogens is 1. The van der Waals surface area contributed by atoms with Gasteiger partial charge in [0.05, 0.1) is 5.69 Å². The third-order valence-corrected chi connectivity index (χ3v) is 3.86. The summed E-state index contributed by atoms with van der Waals surface area (Å²) in [5.41, 5.74) is 2.31. The van der Waals surface area contributed by atoms with Gasteiger partial charge in [-0.25, -0.2) is 0 Å². The number of carbonyl (C=O) groups is 2. The van der Waals surface area contributed by atoms with Crippen molar-refractivity contribution in [2.24, 2.45) is 0 Å². The third kappa shape index (κ3) is 3.65. The summed E-state index contributed by atoms with van der Waals surface area (Å²) in [4.78, 5) is 29.8. The van der Waals surface area contributed by atoms with Crippen LogP contribution in [0.1, 0.15) is 11.3 Å². The second-order valence-corrected chi connectivity index (χ2v) is 5.90. The largest absolute Gasteiger partial charge is 0.482 e. The highest BCUT2D eigenvalue weighted by molar-refractivity contribution is 6.31. The summed E-state index contributed by atoms with van der Waals surface area (Å²) in [6, 6.07) is 8.76. The Balaban J connectivity index is 1.66. The van der Waals surface area contributed by atoms with Crippen molar-refractivity contribution < 1.29 is 14.3 Å². The van der Waals surface area contributed by atoms with Crippen LogP contribution >= 0.6 is 11.6 Å². The van der Waals surface area contributed by atoms with Gasteiger partial charge in [-0.05, 0) is 36.8 Å². The Morgan fingerprint density at radius 3 is 2.96 bits per heavy atom. The molecular weight excluding hydrogens is 330 g/mol. The van der Waals surface area contributed by atoms with E-state index >= 15 is 0 Å². The van der Waals surface area contributed by atoms with Crippen molar-refractivity contribution in [1.29, 1.82) is 0 Å². The van der Waals surface area contributed by atoms with Crippen LogP contribution in [0.2, 0.25) is 5.02 Å². The van der Waals surface area contributed by atoms with E-state index in [4.69, 9.17) is 16.3 Å². The average molecular weight is 346 g/mol. The minimum absolute atomic E-state index is 0.0885.